The summed E-state index contributed by atoms with van der Waals surface area (Å²) in [5.41, 5.74) is 3.17. The van der Waals surface area contributed by atoms with E-state index in [2.05, 4.69) is 39.8 Å². The molecule has 3 rings (SSSR count). The van der Waals surface area contributed by atoms with E-state index in [0.29, 0.717) is 5.70 Å². The van der Waals surface area contributed by atoms with Crippen molar-refractivity contribution in [3.05, 3.63) is 53.9 Å². The molecule has 19 heavy (non-hydrogen) atoms. The van der Waals surface area contributed by atoms with Gasteiger partial charge in [0.15, 0.2) is 0 Å². The number of aromatic nitrogens is 1. The molecule has 0 fully saturated rings. The molecule has 0 amide bonds. The number of allylic oxidation sites excluding steroid dienone is 2. The van der Waals surface area contributed by atoms with Crippen LogP contribution < -0.4 is 0 Å². The van der Waals surface area contributed by atoms with E-state index < -0.39 is 0 Å². The number of para-hydroxylation sites is 1. The Morgan fingerprint density at radius 3 is 2.95 bits per heavy atom. The smallest absolute Gasteiger partial charge is 0.150 e. The van der Waals surface area contributed by atoms with E-state index in [9.17, 15) is 4.79 Å². The van der Waals surface area contributed by atoms with E-state index in [4.69, 9.17) is 0 Å². The second-order valence-electron chi connectivity index (χ2n) is 4.75. The summed E-state index contributed by atoms with van der Waals surface area (Å²) in [6.45, 7) is 4.44. The number of benzene rings is 1. The Labute approximate surface area is 112 Å². The monoisotopic (exact) mass is 252 g/mol. The Balaban J connectivity index is 1.98. The Hall–Kier alpha value is -2.25. The average molecular weight is 252 g/mol. The minimum absolute atomic E-state index is 0.638. The van der Waals surface area contributed by atoms with Crippen molar-refractivity contribution >= 4 is 16.8 Å². The van der Waals surface area contributed by atoms with Gasteiger partial charge in [-0.05, 0) is 30.5 Å². The van der Waals surface area contributed by atoms with Gasteiger partial charge in [0, 0.05) is 24.3 Å². The van der Waals surface area contributed by atoms with Gasteiger partial charge < -0.3 is 9.47 Å². The molecule has 0 saturated heterocycles. The third-order valence-corrected chi connectivity index (χ3v) is 3.61. The number of hydrogen-bond donors (Lipinski definition) is 0. The molecule has 0 saturated carbocycles. The summed E-state index contributed by atoms with van der Waals surface area (Å²) in [5, 5.41) is 1.27. The van der Waals surface area contributed by atoms with Crippen LogP contribution in [-0.2, 0) is 17.9 Å². The number of fused-ring (bicyclic) bond motifs is 3. The molecule has 3 nitrogen and oxygen atoms in total. The molecule has 0 N–H and O–H groups in total. The van der Waals surface area contributed by atoms with Crippen molar-refractivity contribution in [2.45, 2.75) is 20.0 Å². The molecule has 0 bridgehead atoms. The summed E-state index contributed by atoms with van der Waals surface area (Å²) in [6, 6.07) is 10.6. The van der Waals surface area contributed by atoms with Gasteiger partial charge in [-0.15, -0.1) is 0 Å². The fraction of sp³-hybridized carbons (Fsp3) is 0.250. The van der Waals surface area contributed by atoms with E-state index in [1.165, 1.54) is 16.6 Å². The zero-order valence-electron chi connectivity index (χ0n) is 11.0. The van der Waals surface area contributed by atoms with Crippen LogP contribution in [0.5, 0.6) is 0 Å². The second kappa shape index (κ2) is 4.79. The summed E-state index contributed by atoms with van der Waals surface area (Å²) in [5.74, 6) is 2.03. The first-order chi connectivity index (χ1) is 9.33. The third-order valence-electron chi connectivity index (χ3n) is 3.61. The lowest BCUT2D eigenvalue weighted by Crippen LogP contribution is -2.32. The van der Waals surface area contributed by atoms with E-state index >= 15 is 0 Å². The Morgan fingerprint density at radius 2 is 2.16 bits per heavy atom. The van der Waals surface area contributed by atoms with Crippen LogP contribution >= 0.6 is 0 Å². The Kier molecular flexibility index (Phi) is 2.98. The van der Waals surface area contributed by atoms with E-state index in [-0.39, 0.29) is 0 Å². The molecule has 2 heterocycles. The Bertz CT molecular complexity index is 690. The van der Waals surface area contributed by atoms with Crippen LogP contribution in [-0.4, -0.2) is 22.0 Å². The second-order valence-corrected chi connectivity index (χ2v) is 4.75. The quantitative estimate of drug-likeness (QED) is 0.606. The van der Waals surface area contributed by atoms with Crippen LogP contribution in [0.4, 0.5) is 0 Å². The standard InChI is InChI=1S/C16H16N2O/c1-2-5-14(12-19)17-8-9-18-15(11-17)10-13-6-3-4-7-16(13)18/h2-7,10H,8-9,11H2,1H3/b5-2+. The Morgan fingerprint density at radius 1 is 1.32 bits per heavy atom. The molecule has 1 aliphatic heterocycles. The minimum atomic E-state index is 0.638. The summed E-state index contributed by atoms with van der Waals surface area (Å²) >= 11 is 0. The first kappa shape index (κ1) is 11.8. The molecule has 1 aromatic heterocycles. The van der Waals surface area contributed by atoms with Crippen LogP contribution in [0.15, 0.2) is 48.2 Å². The molecule has 0 radical (unpaired) electrons. The summed E-state index contributed by atoms with van der Waals surface area (Å²) in [6.07, 6.45) is 3.70. The average Bonchev–Trinajstić information content (AvgIpc) is 2.82. The molecule has 1 aliphatic rings. The van der Waals surface area contributed by atoms with E-state index in [0.717, 1.165) is 19.6 Å². The van der Waals surface area contributed by atoms with Gasteiger partial charge >= 0.3 is 0 Å². The van der Waals surface area contributed by atoms with Crippen molar-refractivity contribution < 1.29 is 4.79 Å². The molecular weight excluding hydrogens is 236 g/mol. The molecular formula is C16H16N2O. The summed E-state index contributed by atoms with van der Waals surface area (Å²) < 4.78 is 2.34. The van der Waals surface area contributed by atoms with Gasteiger partial charge in [-0.2, -0.15) is 0 Å². The largest absolute Gasteiger partial charge is 0.355 e. The molecule has 0 unspecified atom stereocenters. The number of carbonyl (C=O) groups excluding carboxylic acids is 1. The van der Waals surface area contributed by atoms with Gasteiger partial charge in [-0.25, -0.2) is 4.79 Å². The highest BCUT2D eigenvalue weighted by molar-refractivity contribution is 5.81. The van der Waals surface area contributed by atoms with Crippen molar-refractivity contribution in [1.82, 2.24) is 9.47 Å². The molecule has 96 valence electrons. The lowest BCUT2D eigenvalue weighted by atomic mass is 10.2. The number of hydrogen-bond acceptors (Lipinski definition) is 2. The predicted octanol–water partition coefficient (Wildman–Crippen LogP) is 2.75. The van der Waals surface area contributed by atoms with Crippen LogP contribution in [0.3, 0.4) is 0 Å². The fourth-order valence-electron chi connectivity index (χ4n) is 2.73. The van der Waals surface area contributed by atoms with Gasteiger partial charge in [-0.1, -0.05) is 24.3 Å². The third kappa shape index (κ3) is 1.98. The molecule has 2 aromatic rings. The highest BCUT2D eigenvalue weighted by atomic mass is 16.1. The fourth-order valence-corrected chi connectivity index (χ4v) is 2.73. The maximum absolute atomic E-state index is 11.0. The SMILES string of the molecule is C/C=C/C(=C=O)N1CCn2c(cc3ccccc32)C1. The topological polar surface area (TPSA) is 25.2 Å². The number of rotatable bonds is 2. The van der Waals surface area contributed by atoms with Crippen LogP contribution in [0.25, 0.3) is 10.9 Å². The van der Waals surface area contributed by atoms with Crippen molar-refractivity contribution in [3.63, 3.8) is 0 Å². The molecule has 1 aromatic carbocycles. The van der Waals surface area contributed by atoms with Gasteiger partial charge in [0.1, 0.15) is 11.6 Å². The van der Waals surface area contributed by atoms with E-state index in [1.54, 1.807) is 0 Å². The van der Waals surface area contributed by atoms with E-state index in [1.807, 2.05) is 25.0 Å². The molecule has 3 heteroatoms. The maximum Gasteiger partial charge on any atom is 0.150 e. The minimum Gasteiger partial charge on any atom is -0.355 e. The normalized spacial score (nSPS) is 14.7. The molecule has 0 atom stereocenters. The first-order valence-electron chi connectivity index (χ1n) is 6.53. The van der Waals surface area contributed by atoms with Crippen molar-refractivity contribution in [3.8, 4) is 0 Å². The van der Waals surface area contributed by atoms with Crippen molar-refractivity contribution in [1.29, 1.82) is 0 Å². The van der Waals surface area contributed by atoms with Crippen molar-refractivity contribution in [2.75, 3.05) is 6.54 Å². The van der Waals surface area contributed by atoms with Gasteiger partial charge in [0.2, 0.25) is 0 Å². The first-order valence-corrected chi connectivity index (χ1v) is 6.53. The highest BCUT2D eigenvalue weighted by Crippen LogP contribution is 2.25. The highest BCUT2D eigenvalue weighted by Gasteiger charge is 2.19. The molecule has 0 spiro atoms. The van der Waals surface area contributed by atoms with Crippen LogP contribution in [0, 0.1) is 0 Å². The van der Waals surface area contributed by atoms with Crippen LogP contribution in [0.2, 0.25) is 0 Å². The zero-order valence-corrected chi connectivity index (χ0v) is 11.0. The number of nitrogens with zero attached hydrogens (tertiary/aromatic N) is 2. The summed E-state index contributed by atoms with van der Waals surface area (Å²) in [4.78, 5) is 13.1. The molecule has 0 aliphatic carbocycles. The predicted molar refractivity (Wildman–Crippen MR) is 76.4 cm³/mol. The zero-order chi connectivity index (χ0) is 13.2. The van der Waals surface area contributed by atoms with Gasteiger partial charge in [-0.3, -0.25) is 0 Å². The maximum atomic E-state index is 11.0. The van der Waals surface area contributed by atoms with Gasteiger partial charge in [0.25, 0.3) is 0 Å². The lowest BCUT2D eigenvalue weighted by Gasteiger charge is -2.29. The lowest BCUT2D eigenvalue weighted by molar-refractivity contribution is 0.291. The van der Waals surface area contributed by atoms with Crippen LogP contribution in [0.1, 0.15) is 12.6 Å². The van der Waals surface area contributed by atoms with Crippen molar-refractivity contribution in [2.24, 2.45) is 0 Å². The van der Waals surface area contributed by atoms with Gasteiger partial charge in [0.05, 0.1) is 6.54 Å². The summed E-state index contributed by atoms with van der Waals surface area (Å²) in [7, 11) is 0.